The molecule has 41 heteroatoms. The minimum atomic E-state index is -2.41. The van der Waals surface area contributed by atoms with Crippen LogP contribution < -0.4 is 10.6 Å². The predicted molar refractivity (Wildman–Crippen MR) is 285 cm³/mol. The molecule has 0 radical (unpaired) electrons. The molecule has 2 amide bonds. The van der Waals surface area contributed by atoms with Crippen LogP contribution >= 0.6 is 0 Å². The van der Waals surface area contributed by atoms with Crippen molar-refractivity contribution in [3.05, 3.63) is 0 Å². The summed E-state index contributed by atoms with van der Waals surface area (Å²) in [5, 5.41) is 244. The lowest BCUT2D eigenvalue weighted by Gasteiger charge is -2.51. The molecule has 8 saturated heterocycles. The Morgan fingerprint density at radius 2 is 0.656 bits per heavy atom. The van der Waals surface area contributed by atoms with Gasteiger partial charge in [0.2, 0.25) is 11.8 Å². The van der Waals surface area contributed by atoms with Crippen molar-refractivity contribution in [1.29, 1.82) is 0 Å². The molecule has 540 valence electrons. The van der Waals surface area contributed by atoms with E-state index in [2.05, 4.69) is 10.6 Å². The first kappa shape index (κ1) is 76.2. The molecule has 93 heavy (non-hydrogen) atoms. The van der Waals surface area contributed by atoms with Crippen molar-refractivity contribution in [2.45, 2.75) is 273 Å². The third-order valence-corrected chi connectivity index (χ3v) is 17.4. The zero-order valence-corrected chi connectivity index (χ0v) is 50.1. The number of amides is 2. The summed E-state index contributed by atoms with van der Waals surface area (Å²) < 4.78 is 87.7. The summed E-state index contributed by atoms with van der Waals surface area (Å²) in [4.78, 5) is 25.3. The van der Waals surface area contributed by atoms with E-state index in [0.717, 1.165) is 13.8 Å². The fourth-order valence-corrected chi connectivity index (χ4v) is 12.1. The average Bonchev–Trinajstić information content (AvgIpc) is 0.818. The molecule has 41 nitrogen and oxygen atoms in total. The minimum Gasteiger partial charge on any atom is -0.394 e. The first-order chi connectivity index (χ1) is 43.9. The van der Waals surface area contributed by atoms with Gasteiger partial charge in [-0.3, -0.25) is 9.59 Å². The number of aliphatic hydroxyl groups is 22. The van der Waals surface area contributed by atoms with Crippen molar-refractivity contribution in [1.82, 2.24) is 10.6 Å². The Kier molecular flexibility index (Phi) is 26.7. The van der Waals surface area contributed by atoms with E-state index in [1.807, 2.05) is 0 Å². The Labute approximate surface area is 527 Å². The maximum Gasteiger partial charge on any atom is 0.217 e. The van der Waals surface area contributed by atoms with Crippen molar-refractivity contribution >= 4 is 11.8 Å². The fourth-order valence-electron chi connectivity index (χ4n) is 12.1. The van der Waals surface area contributed by atoms with Crippen LogP contribution in [0.4, 0.5) is 0 Å². The normalized spacial score (nSPS) is 51.6. The molecule has 0 aromatic heterocycles. The second kappa shape index (κ2) is 32.6. The smallest absolute Gasteiger partial charge is 0.217 e. The highest BCUT2D eigenvalue weighted by Gasteiger charge is 2.60. The molecule has 0 aromatic rings. The third-order valence-electron chi connectivity index (χ3n) is 17.4. The molecule has 8 heterocycles. The van der Waals surface area contributed by atoms with E-state index in [0.29, 0.717) is 0 Å². The number of hydrogen-bond acceptors (Lipinski definition) is 39. The van der Waals surface area contributed by atoms with Gasteiger partial charge in [0.15, 0.2) is 50.3 Å². The largest absolute Gasteiger partial charge is 0.394 e. The van der Waals surface area contributed by atoms with E-state index in [4.69, 9.17) is 71.1 Å². The van der Waals surface area contributed by atoms with Crippen LogP contribution in [0.3, 0.4) is 0 Å². The monoisotopic (exact) mass is 1360 g/mol. The first-order valence-corrected chi connectivity index (χ1v) is 29.9. The summed E-state index contributed by atoms with van der Waals surface area (Å²) in [6.07, 6.45) is -73.2. The van der Waals surface area contributed by atoms with Crippen molar-refractivity contribution in [2.24, 2.45) is 0 Å². The summed E-state index contributed by atoms with van der Waals surface area (Å²) in [6, 6.07) is -3.62. The summed E-state index contributed by atoms with van der Waals surface area (Å²) in [7, 11) is 0. The van der Waals surface area contributed by atoms with E-state index in [9.17, 15) is 122 Å². The molecule has 8 fully saturated rings. The van der Waals surface area contributed by atoms with Crippen LogP contribution in [0.1, 0.15) is 27.7 Å². The Hall–Kier alpha value is -2.54. The lowest BCUT2D eigenvalue weighted by molar-refractivity contribution is -0.408. The minimum absolute atomic E-state index is 0.814. The van der Waals surface area contributed by atoms with Gasteiger partial charge < -0.3 is 194 Å². The maximum atomic E-state index is 13.0. The highest BCUT2D eigenvalue weighted by Crippen LogP contribution is 2.39. The van der Waals surface area contributed by atoms with Crippen molar-refractivity contribution in [3.8, 4) is 0 Å². The number of rotatable bonds is 22. The molecule has 0 aromatic carbocycles. The number of ether oxygens (including phenoxy) is 15. The standard InChI is InChI=1S/C52H88N2O39/c1-11-23(62)29(68)34(73)48(80-11)93-44-32(71)26(65)17(7-57)85-52(44)91-42-19(9-59)87-51(38(77)43(42)92-50-36(75)31(70)25(64)16(6-56)84-50)90-40-18(8-58)86-46(22(28(40)67)54-14(4)61)89-41-20(82-45(78)21(27(41)66)53-13(3)60)10-79-47-37(76)33(72)39(12(2)81-47)88-49-35(74)30(69)24(63)15(5-55)83-49/h11-12,15-52,55-59,62-78H,5-10H2,1-4H3,(H,53,60)(H,54,61)/t11-,12-,15+,16+,17+,18+,19+,20+,21+,22+,23+,24-,25+,26-,27+,28+,29+,30-,31-,32-,33-,34-,35+,36-,37-,38-,39+,40+,41+,42+,43+,44+,45+,46-,47+,48-,49-,50+,51-,52-/m0/s1. The molecule has 8 aliphatic rings. The van der Waals surface area contributed by atoms with E-state index in [-0.39, 0.29) is 0 Å². The molecule has 8 aliphatic heterocycles. The molecule has 0 saturated carbocycles. The van der Waals surface area contributed by atoms with Gasteiger partial charge in [-0.05, 0) is 13.8 Å². The van der Waals surface area contributed by atoms with E-state index in [1.54, 1.807) is 0 Å². The zero-order valence-electron chi connectivity index (χ0n) is 50.1. The average molecular weight is 1370 g/mol. The van der Waals surface area contributed by atoms with E-state index in [1.165, 1.54) is 13.8 Å². The molecule has 24 N–H and O–H groups in total. The summed E-state index contributed by atoms with van der Waals surface area (Å²) in [5.41, 5.74) is 0. The Balaban J connectivity index is 1.04. The van der Waals surface area contributed by atoms with E-state index < -0.39 is 297 Å². The van der Waals surface area contributed by atoms with Crippen LogP contribution in [0.5, 0.6) is 0 Å². The SMILES string of the molecule is CC(=O)N[C@@H]1[C@@H](O)[C@H](O[C@@H]2O[C@H](CO)[C@@H](O[C@@H]3O[C@H](CO)[C@@H](O[C@@H]4O[C@H](CO)[C@H](O)[C@H](O)[C@H]4O[C@@H]4O[C@@H](C)[C@@H](O)[C@@H](O)[C@@H]4O)[C@H](O[C@H]4O[C@H](CO)[C@@H](O)[C@H](O)[C@@H]4O)[C@@H]3O)[C@H](O)[C@H]2NC(C)=O)[C@@H](CO[C@@H]2O[C@@H](C)[C@@H](O[C@@H]3O[C@H](CO)[C@H](O)[C@H](O)[C@H]3O)[C@@H](O)[C@@H]2O)O[C@H]1O. The highest BCUT2D eigenvalue weighted by molar-refractivity contribution is 5.73. The molecule has 8 rings (SSSR count). The maximum absolute atomic E-state index is 13.0. The Morgan fingerprint density at radius 1 is 0.301 bits per heavy atom. The number of nitrogens with one attached hydrogen (secondary N) is 2. The molecular weight excluding hydrogens is 1280 g/mol. The molecule has 0 unspecified atom stereocenters. The number of aliphatic hydroxyl groups excluding tert-OH is 22. The summed E-state index contributed by atoms with van der Waals surface area (Å²) in [5.74, 6) is -1.73. The molecular formula is C52H88N2O39. The molecule has 40 atom stereocenters. The van der Waals surface area contributed by atoms with Crippen LogP contribution in [0.15, 0.2) is 0 Å². The van der Waals surface area contributed by atoms with Gasteiger partial charge in [0, 0.05) is 13.8 Å². The summed E-state index contributed by atoms with van der Waals surface area (Å²) >= 11 is 0. The Bertz CT molecular complexity index is 2350. The van der Waals surface area contributed by atoms with Gasteiger partial charge >= 0.3 is 0 Å². The third kappa shape index (κ3) is 16.4. The van der Waals surface area contributed by atoms with Gasteiger partial charge in [-0.1, -0.05) is 0 Å². The van der Waals surface area contributed by atoms with Crippen molar-refractivity contribution < 1.29 is 193 Å². The second-order valence-corrected chi connectivity index (χ2v) is 23.9. The summed E-state index contributed by atoms with van der Waals surface area (Å²) in [6.45, 7) is -1.48. The van der Waals surface area contributed by atoms with Gasteiger partial charge in [0.25, 0.3) is 0 Å². The van der Waals surface area contributed by atoms with Crippen molar-refractivity contribution in [2.75, 3.05) is 39.6 Å². The fraction of sp³-hybridized carbons (Fsp3) is 0.962. The van der Waals surface area contributed by atoms with Crippen molar-refractivity contribution in [3.63, 3.8) is 0 Å². The molecule has 0 spiro atoms. The van der Waals surface area contributed by atoms with Crippen LogP contribution in [-0.2, 0) is 80.6 Å². The van der Waals surface area contributed by atoms with Gasteiger partial charge in [0.1, 0.15) is 183 Å². The van der Waals surface area contributed by atoms with Crippen LogP contribution in [0, 0.1) is 0 Å². The van der Waals surface area contributed by atoms with Gasteiger partial charge in [-0.2, -0.15) is 0 Å². The number of carbonyl (C=O) groups excluding carboxylic acids is 2. The molecule has 0 aliphatic carbocycles. The number of carbonyl (C=O) groups is 2. The van der Waals surface area contributed by atoms with Gasteiger partial charge in [0.05, 0.1) is 51.8 Å². The van der Waals surface area contributed by atoms with Crippen LogP contribution in [-0.4, -0.2) is 409 Å². The molecule has 0 bridgehead atoms. The lowest BCUT2D eigenvalue weighted by Crippen LogP contribution is -2.71. The topological polar surface area (TPSA) is 642 Å². The lowest BCUT2D eigenvalue weighted by atomic mass is 9.93. The Morgan fingerprint density at radius 3 is 1.19 bits per heavy atom. The quantitative estimate of drug-likeness (QED) is 0.0479. The van der Waals surface area contributed by atoms with Crippen LogP contribution in [0.25, 0.3) is 0 Å². The highest BCUT2D eigenvalue weighted by atomic mass is 16.8. The van der Waals surface area contributed by atoms with E-state index >= 15 is 0 Å². The zero-order chi connectivity index (χ0) is 68.5. The number of hydrogen-bond donors (Lipinski definition) is 24. The first-order valence-electron chi connectivity index (χ1n) is 29.9. The predicted octanol–water partition coefficient (Wildman–Crippen LogP) is -16.1. The second-order valence-electron chi connectivity index (χ2n) is 23.9. The van der Waals surface area contributed by atoms with Crippen LogP contribution in [0.2, 0.25) is 0 Å². The van der Waals surface area contributed by atoms with Gasteiger partial charge in [-0.15, -0.1) is 0 Å². The van der Waals surface area contributed by atoms with Gasteiger partial charge in [-0.25, -0.2) is 0 Å².